The van der Waals surface area contributed by atoms with Crippen molar-refractivity contribution in [2.24, 2.45) is 11.8 Å². The lowest BCUT2D eigenvalue weighted by atomic mass is 10.0. The summed E-state index contributed by atoms with van der Waals surface area (Å²) in [4.78, 5) is 19.2. The minimum absolute atomic E-state index is 0.00961. The predicted octanol–water partition coefficient (Wildman–Crippen LogP) is 3.38. The lowest BCUT2D eigenvalue weighted by Gasteiger charge is -2.18. The molecule has 1 saturated heterocycles. The number of aromatic nitrogens is 4. The molecule has 0 radical (unpaired) electrons. The summed E-state index contributed by atoms with van der Waals surface area (Å²) in [6.07, 6.45) is 1.79. The van der Waals surface area contributed by atoms with Crippen molar-refractivity contribution in [1.82, 2.24) is 25.2 Å². The summed E-state index contributed by atoms with van der Waals surface area (Å²) in [5.74, 6) is 2.33. The Balaban J connectivity index is 1.32. The number of hydrogen-bond donors (Lipinski definition) is 1. The third-order valence-corrected chi connectivity index (χ3v) is 6.05. The van der Waals surface area contributed by atoms with Crippen LogP contribution in [0.4, 0.5) is 0 Å². The molecule has 0 spiro atoms. The zero-order valence-electron chi connectivity index (χ0n) is 16.2. The standard InChI is InChI=1S/C21H23N5O2/c1-11(2)16-8-17(24-23-16)21(27)26-9-13-14(10-26)19(13)20-18(12(3)28-25-20)15-6-4-5-7-22-15/h4-8,11,13-14,19H,9-10H2,1-3H3,(H,23,24). The Morgan fingerprint density at radius 1 is 1.29 bits per heavy atom. The van der Waals surface area contributed by atoms with Crippen LogP contribution in [-0.4, -0.2) is 44.2 Å². The van der Waals surface area contributed by atoms with E-state index in [0.717, 1.165) is 41.5 Å². The minimum Gasteiger partial charge on any atom is -0.361 e. The van der Waals surface area contributed by atoms with Crippen molar-refractivity contribution >= 4 is 5.91 Å². The molecule has 1 saturated carbocycles. The Hall–Kier alpha value is -2.96. The number of aryl methyl sites for hydroxylation is 1. The first-order valence-electron chi connectivity index (χ1n) is 9.76. The molecule has 3 aromatic heterocycles. The van der Waals surface area contributed by atoms with E-state index in [-0.39, 0.29) is 5.91 Å². The topological polar surface area (TPSA) is 87.9 Å². The van der Waals surface area contributed by atoms with E-state index in [4.69, 9.17) is 4.52 Å². The number of piperidine rings is 1. The van der Waals surface area contributed by atoms with Gasteiger partial charge in [-0.15, -0.1) is 0 Å². The Kier molecular flexibility index (Phi) is 3.86. The van der Waals surface area contributed by atoms with Gasteiger partial charge in [0, 0.05) is 30.9 Å². The zero-order chi connectivity index (χ0) is 19.4. The van der Waals surface area contributed by atoms with Crippen LogP contribution in [0.2, 0.25) is 0 Å². The quantitative estimate of drug-likeness (QED) is 0.753. The molecule has 28 heavy (non-hydrogen) atoms. The first-order chi connectivity index (χ1) is 13.5. The van der Waals surface area contributed by atoms with Gasteiger partial charge in [-0.2, -0.15) is 5.10 Å². The minimum atomic E-state index is 0.00961. The van der Waals surface area contributed by atoms with Crippen molar-refractivity contribution in [1.29, 1.82) is 0 Å². The number of fused-ring (bicyclic) bond motifs is 1. The van der Waals surface area contributed by atoms with Crippen LogP contribution in [0.15, 0.2) is 35.0 Å². The van der Waals surface area contributed by atoms with Crippen LogP contribution in [0.3, 0.4) is 0 Å². The van der Waals surface area contributed by atoms with Crippen molar-refractivity contribution in [2.45, 2.75) is 32.6 Å². The van der Waals surface area contributed by atoms with Gasteiger partial charge in [-0.25, -0.2) is 0 Å². The number of likely N-dealkylation sites (tertiary alicyclic amines) is 1. The highest BCUT2D eigenvalue weighted by molar-refractivity contribution is 5.92. The third kappa shape index (κ3) is 2.65. The maximum atomic E-state index is 12.8. The number of nitrogens with one attached hydrogen (secondary N) is 1. The lowest BCUT2D eigenvalue weighted by molar-refractivity contribution is 0.0766. The Morgan fingerprint density at radius 3 is 2.71 bits per heavy atom. The summed E-state index contributed by atoms with van der Waals surface area (Å²) in [6.45, 7) is 7.57. The van der Waals surface area contributed by atoms with E-state index < -0.39 is 0 Å². The molecule has 7 nitrogen and oxygen atoms in total. The molecule has 2 unspecified atom stereocenters. The summed E-state index contributed by atoms with van der Waals surface area (Å²) in [6, 6.07) is 7.73. The van der Waals surface area contributed by atoms with Gasteiger partial charge in [0.1, 0.15) is 11.5 Å². The number of carbonyl (C=O) groups is 1. The highest BCUT2D eigenvalue weighted by Crippen LogP contribution is 2.59. The fraction of sp³-hybridized carbons (Fsp3) is 0.429. The summed E-state index contributed by atoms with van der Waals surface area (Å²) in [5.41, 5.74) is 4.38. The largest absolute Gasteiger partial charge is 0.361 e. The number of nitrogens with zero attached hydrogens (tertiary/aromatic N) is 4. The van der Waals surface area contributed by atoms with Crippen molar-refractivity contribution in [3.05, 3.63) is 53.3 Å². The molecule has 2 atom stereocenters. The Labute approximate surface area is 163 Å². The van der Waals surface area contributed by atoms with Crippen LogP contribution in [0.25, 0.3) is 11.3 Å². The zero-order valence-corrected chi connectivity index (χ0v) is 16.2. The van der Waals surface area contributed by atoms with Gasteiger partial charge < -0.3 is 9.42 Å². The van der Waals surface area contributed by atoms with Gasteiger partial charge in [0.2, 0.25) is 0 Å². The van der Waals surface area contributed by atoms with Crippen LogP contribution < -0.4 is 0 Å². The summed E-state index contributed by atoms with van der Waals surface area (Å²) in [7, 11) is 0. The average Bonchev–Trinajstić information content (AvgIpc) is 3.16. The third-order valence-electron chi connectivity index (χ3n) is 6.05. The first-order valence-corrected chi connectivity index (χ1v) is 9.76. The van der Waals surface area contributed by atoms with Crippen LogP contribution in [-0.2, 0) is 0 Å². The maximum Gasteiger partial charge on any atom is 0.274 e. The van der Waals surface area contributed by atoms with Gasteiger partial charge in [-0.1, -0.05) is 25.1 Å². The summed E-state index contributed by atoms with van der Waals surface area (Å²) < 4.78 is 5.50. The second-order valence-electron chi connectivity index (χ2n) is 8.14. The van der Waals surface area contributed by atoms with Crippen molar-refractivity contribution in [3.8, 4) is 11.3 Å². The molecule has 4 heterocycles. The molecule has 5 rings (SSSR count). The normalized spacial score (nSPS) is 23.3. The van der Waals surface area contributed by atoms with Gasteiger partial charge in [0.25, 0.3) is 5.91 Å². The fourth-order valence-corrected chi connectivity index (χ4v) is 4.44. The van der Waals surface area contributed by atoms with Crippen molar-refractivity contribution in [2.75, 3.05) is 13.1 Å². The smallest absolute Gasteiger partial charge is 0.274 e. The second kappa shape index (κ2) is 6.29. The van der Waals surface area contributed by atoms with Crippen molar-refractivity contribution in [3.63, 3.8) is 0 Å². The number of aromatic amines is 1. The number of pyridine rings is 1. The first kappa shape index (κ1) is 17.2. The molecule has 2 fully saturated rings. The fourth-order valence-electron chi connectivity index (χ4n) is 4.44. The average molecular weight is 377 g/mol. The van der Waals surface area contributed by atoms with Gasteiger partial charge in [-0.3, -0.25) is 14.9 Å². The monoisotopic (exact) mass is 377 g/mol. The summed E-state index contributed by atoms with van der Waals surface area (Å²) in [5, 5.41) is 11.5. The molecule has 7 heteroatoms. The van der Waals surface area contributed by atoms with Gasteiger partial charge in [0.15, 0.2) is 0 Å². The molecule has 1 amide bonds. The van der Waals surface area contributed by atoms with E-state index in [1.54, 1.807) is 6.20 Å². The van der Waals surface area contributed by atoms with E-state index in [2.05, 4.69) is 34.2 Å². The number of H-pyrrole nitrogens is 1. The molecule has 1 N–H and O–H groups in total. The van der Waals surface area contributed by atoms with Gasteiger partial charge in [-0.05, 0) is 42.9 Å². The van der Waals surface area contributed by atoms with E-state index in [0.29, 0.717) is 29.4 Å². The van der Waals surface area contributed by atoms with Crippen LogP contribution in [0, 0.1) is 18.8 Å². The van der Waals surface area contributed by atoms with Crippen molar-refractivity contribution < 1.29 is 9.32 Å². The Morgan fingerprint density at radius 2 is 2.07 bits per heavy atom. The molecule has 0 bridgehead atoms. The van der Waals surface area contributed by atoms with Crippen LogP contribution in [0.1, 0.15) is 53.3 Å². The van der Waals surface area contributed by atoms with Gasteiger partial charge in [0.05, 0.1) is 17.0 Å². The number of hydrogen-bond acceptors (Lipinski definition) is 5. The van der Waals surface area contributed by atoms with Crippen LogP contribution in [0.5, 0.6) is 0 Å². The van der Waals surface area contributed by atoms with E-state index in [1.807, 2.05) is 36.1 Å². The highest BCUT2D eigenvalue weighted by Gasteiger charge is 2.59. The predicted molar refractivity (Wildman–Crippen MR) is 103 cm³/mol. The highest BCUT2D eigenvalue weighted by atomic mass is 16.5. The number of rotatable bonds is 4. The molecule has 144 valence electrons. The maximum absolute atomic E-state index is 12.8. The molecule has 1 aliphatic carbocycles. The summed E-state index contributed by atoms with van der Waals surface area (Å²) >= 11 is 0. The van der Waals surface area contributed by atoms with E-state index >= 15 is 0 Å². The number of amides is 1. The lowest BCUT2D eigenvalue weighted by Crippen LogP contribution is -2.31. The van der Waals surface area contributed by atoms with Crippen LogP contribution >= 0.6 is 0 Å². The van der Waals surface area contributed by atoms with E-state index in [1.165, 1.54) is 0 Å². The molecule has 2 aliphatic rings. The second-order valence-corrected chi connectivity index (χ2v) is 8.14. The van der Waals surface area contributed by atoms with Gasteiger partial charge >= 0.3 is 0 Å². The molecular weight excluding hydrogens is 354 g/mol. The SMILES string of the molecule is Cc1onc(C2C3CN(C(=O)c4cc(C(C)C)[nH]n4)CC32)c1-c1ccccn1. The Bertz CT molecular complexity index is 1010. The molecule has 3 aromatic rings. The molecule has 1 aliphatic heterocycles. The molecular formula is C21H23N5O2. The number of carbonyl (C=O) groups excluding carboxylic acids is 1. The van der Waals surface area contributed by atoms with E-state index in [9.17, 15) is 4.79 Å². The molecule has 0 aromatic carbocycles.